The number of carbonyl (C=O) groups excluding carboxylic acids is 1. The van der Waals surface area contributed by atoms with E-state index < -0.39 is 17.7 Å². The summed E-state index contributed by atoms with van der Waals surface area (Å²) in [6, 6.07) is 3.83. The molecule has 1 heterocycles. The number of ether oxygens (including phenoxy) is 1. The number of ketones is 1. The summed E-state index contributed by atoms with van der Waals surface area (Å²) in [4.78, 5) is 11.8. The highest BCUT2D eigenvalue weighted by molar-refractivity contribution is 5.85. The van der Waals surface area contributed by atoms with Crippen molar-refractivity contribution in [2.45, 2.75) is 12.5 Å². The van der Waals surface area contributed by atoms with Gasteiger partial charge in [-0.25, -0.2) is 8.78 Å². The minimum Gasteiger partial charge on any atom is -0.368 e. The zero-order valence-electron chi connectivity index (χ0n) is 9.21. The fraction of sp³-hybridized carbons (Fsp3) is 0.417. The van der Waals surface area contributed by atoms with Gasteiger partial charge in [0.15, 0.2) is 17.4 Å². The molecule has 0 bridgehead atoms. The molecule has 1 atom stereocenters. The van der Waals surface area contributed by atoms with E-state index in [0.29, 0.717) is 19.7 Å². The van der Waals surface area contributed by atoms with E-state index in [-0.39, 0.29) is 17.8 Å². The molecule has 17 heavy (non-hydrogen) atoms. The lowest BCUT2D eigenvalue weighted by atomic mass is 10.0. The normalized spacial score (nSPS) is 20.2. The van der Waals surface area contributed by atoms with Crippen LogP contribution in [-0.4, -0.2) is 31.6 Å². The Hall–Kier alpha value is -1.33. The molecule has 1 aromatic rings. The number of hydrogen-bond donors (Lipinski definition) is 1. The summed E-state index contributed by atoms with van der Waals surface area (Å²) in [7, 11) is 0. The third kappa shape index (κ3) is 2.87. The van der Waals surface area contributed by atoms with Crippen LogP contribution in [0.3, 0.4) is 0 Å². The van der Waals surface area contributed by atoms with E-state index in [1.807, 2.05) is 0 Å². The second-order valence-corrected chi connectivity index (χ2v) is 3.92. The standard InChI is InChI=1S/C12H13F2NO2/c13-9-3-1-2-8(12(9)14)6-10(16)11-7-15-4-5-17-11/h1-3,11,15H,4-7H2. The summed E-state index contributed by atoms with van der Waals surface area (Å²) < 4.78 is 31.5. The molecule has 1 fully saturated rings. The topological polar surface area (TPSA) is 38.3 Å². The number of nitrogens with one attached hydrogen (secondary N) is 1. The maximum absolute atomic E-state index is 13.3. The van der Waals surface area contributed by atoms with Crippen LogP contribution in [0.2, 0.25) is 0 Å². The lowest BCUT2D eigenvalue weighted by Crippen LogP contribution is -2.43. The molecule has 0 amide bonds. The number of halogens is 2. The second-order valence-electron chi connectivity index (χ2n) is 3.92. The summed E-state index contributed by atoms with van der Waals surface area (Å²) in [6.45, 7) is 1.59. The molecule has 0 saturated carbocycles. The van der Waals surface area contributed by atoms with Crippen molar-refractivity contribution in [2.75, 3.05) is 19.7 Å². The van der Waals surface area contributed by atoms with Gasteiger partial charge < -0.3 is 10.1 Å². The Kier molecular flexibility index (Phi) is 3.81. The van der Waals surface area contributed by atoms with Crippen LogP contribution < -0.4 is 5.32 Å². The number of Topliss-reactive ketones (excluding diaryl/α,β-unsaturated/α-hetero) is 1. The third-order valence-electron chi connectivity index (χ3n) is 2.68. The third-order valence-corrected chi connectivity index (χ3v) is 2.68. The maximum Gasteiger partial charge on any atom is 0.167 e. The molecule has 2 rings (SSSR count). The first-order valence-corrected chi connectivity index (χ1v) is 5.46. The largest absolute Gasteiger partial charge is 0.368 e. The first kappa shape index (κ1) is 12.1. The molecule has 5 heteroatoms. The first-order valence-electron chi connectivity index (χ1n) is 5.46. The predicted molar refractivity (Wildman–Crippen MR) is 57.7 cm³/mol. The molecular formula is C12H13F2NO2. The van der Waals surface area contributed by atoms with Gasteiger partial charge in [-0.1, -0.05) is 12.1 Å². The molecule has 0 spiro atoms. The van der Waals surface area contributed by atoms with Gasteiger partial charge in [0.1, 0.15) is 6.10 Å². The van der Waals surface area contributed by atoms with Crippen LogP contribution in [0, 0.1) is 11.6 Å². The van der Waals surface area contributed by atoms with Crippen LogP contribution in [0.1, 0.15) is 5.56 Å². The van der Waals surface area contributed by atoms with Crippen molar-refractivity contribution in [2.24, 2.45) is 0 Å². The zero-order valence-corrected chi connectivity index (χ0v) is 9.21. The molecule has 92 valence electrons. The Bertz CT molecular complexity index is 417. The molecule has 0 aromatic heterocycles. The average molecular weight is 241 g/mol. The summed E-state index contributed by atoms with van der Waals surface area (Å²) in [5.74, 6) is -2.12. The van der Waals surface area contributed by atoms with Crippen LogP contribution in [0.5, 0.6) is 0 Å². The highest BCUT2D eigenvalue weighted by Gasteiger charge is 2.23. The monoisotopic (exact) mass is 241 g/mol. The summed E-state index contributed by atoms with van der Waals surface area (Å²) in [5, 5.41) is 3.01. The predicted octanol–water partition coefficient (Wildman–Crippen LogP) is 1.06. The van der Waals surface area contributed by atoms with Crippen molar-refractivity contribution in [3.05, 3.63) is 35.4 Å². The van der Waals surface area contributed by atoms with Crippen molar-refractivity contribution in [1.29, 1.82) is 0 Å². The smallest absolute Gasteiger partial charge is 0.167 e. The van der Waals surface area contributed by atoms with Gasteiger partial charge in [0.25, 0.3) is 0 Å². The molecule has 1 aromatic carbocycles. The minimum absolute atomic E-state index is 0.0733. The van der Waals surface area contributed by atoms with Gasteiger partial charge in [-0.05, 0) is 11.6 Å². The van der Waals surface area contributed by atoms with Crippen molar-refractivity contribution in [3.63, 3.8) is 0 Å². The van der Waals surface area contributed by atoms with Gasteiger partial charge in [0.05, 0.1) is 6.61 Å². The summed E-state index contributed by atoms with van der Waals surface area (Å²) in [6.07, 6.45) is -0.706. The van der Waals surface area contributed by atoms with E-state index in [9.17, 15) is 13.6 Å². The summed E-state index contributed by atoms with van der Waals surface area (Å²) >= 11 is 0. The van der Waals surface area contributed by atoms with Gasteiger partial charge in [-0.3, -0.25) is 4.79 Å². The van der Waals surface area contributed by atoms with Gasteiger partial charge in [0, 0.05) is 19.5 Å². The Morgan fingerprint density at radius 2 is 2.29 bits per heavy atom. The fourth-order valence-electron chi connectivity index (χ4n) is 1.76. The molecule has 0 aliphatic carbocycles. The van der Waals surface area contributed by atoms with E-state index in [4.69, 9.17) is 4.74 Å². The summed E-state index contributed by atoms with van der Waals surface area (Å²) in [5.41, 5.74) is 0.0733. The van der Waals surface area contributed by atoms with E-state index in [2.05, 4.69) is 5.32 Å². The first-order chi connectivity index (χ1) is 8.18. The lowest BCUT2D eigenvalue weighted by Gasteiger charge is -2.22. The van der Waals surface area contributed by atoms with E-state index in [0.717, 1.165) is 6.07 Å². The van der Waals surface area contributed by atoms with Gasteiger partial charge in [-0.15, -0.1) is 0 Å². The highest BCUT2D eigenvalue weighted by atomic mass is 19.2. The van der Waals surface area contributed by atoms with Gasteiger partial charge >= 0.3 is 0 Å². The van der Waals surface area contributed by atoms with E-state index in [1.54, 1.807) is 0 Å². The number of rotatable bonds is 3. The molecule has 1 aliphatic heterocycles. The Morgan fingerprint density at radius 3 is 3.00 bits per heavy atom. The van der Waals surface area contributed by atoms with Crippen molar-refractivity contribution in [3.8, 4) is 0 Å². The maximum atomic E-state index is 13.3. The molecule has 1 saturated heterocycles. The van der Waals surface area contributed by atoms with Crippen molar-refractivity contribution >= 4 is 5.78 Å². The Morgan fingerprint density at radius 1 is 1.47 bits per heavy atom. The zero-order chi connectivity index (χ0) is 12.3. The van der Waals surface area contributed by atoms with Crippen LogP contribution in [-0.2, 0) is 16.0 Å². The van der Waals surface area contributed by atoms with Crippen molar-refractivity contribution in [1.82, 2.24) is 5.32 Å². The number of benzene rings is 1. The van der Waals surface area contributed by atoms with Crippen LogP contribution in [0.25, 0.3) is 0 Å². The number of carbonyl (C=O) groups is 1. The molecule has 1 N–H and O–H groups in total. The molecular weight excluding hydrogens is 228 g/mol. The Labute approximate surface area is 97.8 Å². The van der Waals surface area contributed by atoms with Crippen LogP contribution >= 0.6 is 0 Å². The van der Waals surface area contributed by atoms with Crippen LogP contribution in [0.4, 0.5) is 8.78 Å². The molecule has 3 nitrogen and oxygen atoms in total. The second kappa shape index (κ2) is 5.33. The SMILES string of the molecule is O=C(Cc1cccc(F)c1F)C1CNCCO1. The number of morpholine rings is 1. The lowest BCUT2D eigenvalue weighted by molar-refractivity contribution is -0.131. The van der Waals surface area contributed by atoms with Gasteiger partial charge in [-0.2, -0.15) is 0 Å². The van der Waals surface area contributed by atoms with E-state index >= 15 is 0 Å². The fourth-order valence-corrected chi connectivity index (χ4v) is 1.76. The van der Waals surface area contributed by atoms with Gasteiger partial charge in [0.2, 0.25) is 0 Å². The molecule has 1 aliphatic rings. The average Bonchev–Trinajstić information content (AvgIpc) is 2.36. The Balaban J connectivity index is 2.04. The minimum atomic E-state index is -0.954. The highest BCUT2D eigenvalue weighted by Crippen LogP contribution is 2.13. The van der Waals surface area contributed by atoms with E-state index in [1.165, 1.54) is 12.1 Å². The van der Waals surface area contributed by atoms with Crippen molar-refractivity contribution < 1.29 is 18.3 Å². The quantitative estimate of drug-likeness (QED) is 0.860. The van der Waals surface area contributed by atoms with Crippen LogP contribution in [0.15, 0.2) is 18.2 Å². The number of hydrogen-bond acceptors (Lipinski definition) is 3. The molecule has 0 radical (unpaired) electrons. The molecule has 1 unspecified atom stereocenters.